The number of methoxy groups -OCH3 is 1. The third-order valence-electron chi connectivity index (χ3n) is 3.75. The Kier molecular flexibility index (Phi) is 3.94. The highest BCUT2D eigenvalue weighted by atomic mass is 32.1. The van der Waals surface area contributed by atoms with Gasteiger partial charge in [0.05, 0.1) is 18.5 Å². The Bertz CT molecular complexity index is 730. The second-order valence-electron chi connectivity index (χ2n) is 5.08. The lowest BCUT2D eigenvalue weighted by Gasteiger charge is -2.14. The number of fused-ring (bicyclic) bond motifs is 1. The number of thiazole rings is 1. The molecule has 3 rings (SSSR count). The smallest absolute Gasteiger partial charge is 0.194 e. The molecule has 1 N–H and O–H groups in total. The highest BCUT2D eigenvalue weighted by Gasteiger charge is 2.11. The number of imidazole rings is 1. The van der Waals surface area contributed by atoms with Crippen LogP contribution < -0.4 is 10.1 Å². The first-order chi connectivity index (χ1) is 10.2. The van der Waals surface area contributed by atoms with Gasteiger partial charge in [0.25, 0.3) is 0 Å². The SMILES string of the molecule is COc1ccc(C(C)NCc2c(C)nc3sccn23)cc1. The van der Waals surface area contributed by atoms with E-state index in [0.717, 1.165) is 22.9 Å². The molecule has 0 fully saturated rings. The van der Waals surface area contributed by atoms with Gasteiger partial charge in [-0.15, -0.1) is 11.3 Å². The third kappa shape index (κ3) is 2.80. The molecular weight excluding hydrogens is 282 g/mol. The number of nitrogens with zero attached hydrogens (tertiary/aromatic N) is 2. The van der Waals surface area contributed by atoms with E-state index in [-0.39, 0.29) is 6.04 Å². The maximum atomic E-state index is 5.19. The van der Waals surface area contributed by atoms with Crippen molar-refractivity contribution >= 4 is 16.3 Å². The first-order valence-electron chi connectivity index (χ1n) is 6.97. The first kappa shape index (κ1) is 14.1. The Morgan fingerprint density at radius 3 is 2.81 bits per heavy atom. The van der Waals surface area contributed by atoms with E-state index in [1.54, 1.807) is 18.4 Å². The van der Waals surface area contributed by atoms with Gasteiger partial charge in [0, 0.05) is 24.2 Å². The number of nitrogens with one attached hydrogen (secondary N) is 1. The first-order valence-corrected chi connectivity index (χ1v) is 7.85. The molecule has 0 saturated heterocycles. The van der Waals surface area contributed by atoms with Gasteiger partial charge in [0.15, 0.2) is 4.96 Å². The molecule has 1 unspecified atom stereocenters. The number of hydrogen-bond acceptors (Lipinski definition) is 4. The van der Waals surface area contributed by atoms with Crippen LogP contribution in [0.3, 0.4) is 0 Å². The molecule has 0 amide bonds. The van der Waals surface area contributed by atoms with Crippen LogP contribution in [0.5, 0.6) is 5.75 Å². The van der Waals surface area contributed by atoms with Crippen LogP contribution >= 0.6 is 11.3 Å². The number of hydrogen-bond donors (Lipinski definition) is 1. The molecule has 0 spiro atoms. The quantitative estimate of drug-likeness (QED) is 0.783. The van der Waals surface area contributed by atoms with Crippen molar-refractivity contribution in [3.8, 4) is 5.75 Å². The Morgan fingerprint density at radius 1 is 1.33 bits per heavy atom. The van der Waals surface area contributed by atoms with Crippen molar-refractivity contribution in [1.82, 2.24) is 14.7 Å². The van der Waals surface area contributed by atoms with Crippen molar-refractivity contribution in [2.75, 3.05) is 7.11 Å². The number of rotatable bonds is 5. The second kappa shape index (κ2) is 5.87. The van der Waals surface area contributed by atoms with E-state index in [4.69, 9.17) is 4.74 Å². The summed E-state index contributed by atoms with van der Waals surface area (Å²) in [7, 11) is 1.69. The lowest BCUT2D eigenvalue weighted by Crippen LogP contribution is -2.19. The van der Waals surface area contributed by atoms with Crippen LogP contribution in [0.15, 0.2) is 35.8 Å². The van der Waals surface area contributed by atoms with Crippen molar-refractivity contribution in [2.45, 2.75) is 26.4 Å². The third-order valence-corrected chi connectivity index (χ3v) is 4.51. The molecule has 0 aliphatic rings. The maximum absolute atomic E-state index is 5.19. The minimum atomic E-state index is 0.277. The van der Waals surface area contributed by atoms with Gasteiger partial charge in [-0.05, 0) is 31.5 Å². The van der Waals surface area contributed by atoms with Gasteiger partial charge in [-0.2, -0.15) is 0 Å². The fraction of sp³-hybridized carbons (Fsp3) is 0.312. The summed E-state index contributed by atoms with van der Waals surface area (Å²) in [4.78, 5) is 5.63. The van der Waals surface area contributed by atoms with Gasteiger partial charge >= 0.3 is 0 Å². The van der Waals surface area contributed by atoms with E-state index < -0.39 is 0 Å². The lowest BCUT2D eigenvalue weighted by molar-refractivity contribution is 0.414. The highest BCUT2D eigenvalue weighted by Crippen LogP contribution is 2.20. The van der Waals surface area contributed by atoms with Gasteiger partial charge in [-0.25, -0.2) is 4.98 Å². The monoisotopic (exact) mass is 301 g/mol. The fourth-order valence-electron chi connectivity index (χ4n) is 2.41. The van der Waals surface area contributed by atoms with E-state index in [1.807, 2.05) is 12.1 Å². The average Bonchev–Trinajstić information content (AvgIpc) is 3.06. The summed E-state index contributed by atoms with van der Waals surface area (Å²) in [5, 5.41) is 5.63. The summed E-state index contributed by atoms with van der Waals surface area (Å²) < 4.78 is 7.35. The van der Waals surface area contributed by atoms with E-state index in [1.165, 1.54) is 11.3 Å². The molecule has 0 radical (unpaired) electrons. The minimum Gasteiger partial charge on any atom is -0.497 e. The fourth-order valence-corrected chi connectivity index (χ4v) is 3.19. The Hall–Kier alpha value is -1.85. The number of benzene rings is 1. The molecule has 2 heterocycles. The van der Waals surface area contributed by atoms with E-state index in [0.29, 0.717) is 0 Å². The predicted molar refractivity (Wildman–Crippen MR) is 86.1 cm³/mol. The molecule has 0 saturated carbocycles. The molecule has 1 aromatic carbocycles. The van der Waals surface area contributed by atoms with Gasteiger partial charge in [0.1, 0.15) is 5.75 Å². The van der Waals surface area contributed by atoms with Crippen molar-refractivity contribution in [3.05, 3.63) is 52.8 Å². The van der Waals surface area contributed by atoms with Gasteiger partial charge in [-0.1, -0.05) is 12.1 Å². The summed E-state index contributed by atoms with van der Waals surface area (Å²) in [5.74, 6) is 0.887. The highest BCUT2D eigenvalue weighted by molar-refractivity contribution is 7.15. The Balaban J connectivity index is 1.71. The second-order valence-corrected chi connectivity index (χ2v) is 5.95. The van der Waals surface area contributed by atoms with Crippen LogP contribution in [-0.2, 0) is 6.54 Å². The van der Waals surface area contributed by atoms with Crippen LogP contribution in [0.25, 0.3) is 4.96 Å². The zero-order valence-electron chi connectivity index (χ0n) is 12.5. The molecule has 0 aliphatic carbocycles. The largest absolute Gasteiger partial charge is 0.497 e. The van der Waals surface area contributed by atoms with Crippen molar-refractivity contribution in [1.29, 1.82) is 0 Å². The van der Waals surface area contributed by atoms with Crippen molar-refractivity contribution < 1.29 is 4.74 Å². The minimum absolute atomic E-state index is 0.277. The summed E-state index contributed by atoms with van der Waals surface area (Å²) in [6, 6.07) is 8.46. The summed E-state index contributed by atoms with van der Waals surface area (Å²) in [6.45, 7) is 5.04. The topological polar surface area (TPSA) is 38.6 Å². The zero-order valence-corrected chi connectivity index (χ0v) is 13.3. The summed E-state index contributed by atoms with van der Waals surface area (Å²) in [5.41, 5.74) is 3.57. The Labute approximate surface area is 128 Å². The van der Waals surface area contributed by atoms with E-state index in [9.17, 15) is 0 Å². The normalized spacial score (nSPS) is 12.7. The van der Waals surface area contributed by atoms with Crippen molar-refractivity contribution in [3.63, 3.8) is 0 Å². The molecule has 0 aliphatic heterocycles. The van der Waals surface area contributed by atoms with Gasteiger partial charge in [-0.3, -0.25) is 4.40 Å². The molecule has 21 heavy (non-hydrogen) atoms. The van der Waals surface area contributed by atoms with Crippen LogP contribution in [-0.4, -0.2) is 16.5 Å². The number of aromatic nitrogens is 2. The lowest BCUT2D eigenvalue weighted by atomic mass is 10.1. The Morgan fingerprint density at radius 2 is 2.10 bits per heavy atom. The molecule has 4 nitrogen and oxygen atoms in total. The molecule has 2 aromatic heterocycles. The number of ether oxygens (including phenoxy) is 1. The zero-order chi connectivity index (χ0) is 14.8. The average molecular weight is 301 g/mol. The van der Waals surface area contributed by atoms with Crippen molar-refractivity contribution in [2.24, 2.45) is 0 Å². The van der Waals surface area contributed by atoms with Crippen LogP contribution in [0.1, 0.15) is 29.9 Å². The predicted octanol–water partition coefficient (Wildman–Crippen LogP) is 3.56. The van der Waals surface area contributed by atoms with E-state index in [2.05, 4.69) is 52.3 Å². The van der Waals surface area contributed by atoms with Crippen LogP contribution in [0, 0.1) is 6.92 Å². The standard InChI is InChI=1S/C16H19N3OS/c1-11(13-4-6-14(20-3)7-5-13)17-10-15-12(2)18-16-19(15)8-9-21-16/h4-9,11,17H,10H2,1-3H3. The van der Waals surface area contributed by atoms with Crippen LogP contribution in [0.2, 0.25) is 0 Å². The maximum Gasteiger partial charge on any atom is 0.194 e. The van der Waals surface area contributed by atoms with Crippen LogP contribution in [0.4, 0.5) is 0 Å². The molecular formula is C16H19N3OS. The molecule has 1 atom stereocenters. The number of aryl methyl sites for hydroxylation is 1. The van der Waals surface area contributed by atoms with E-state index >= 15 is 0 Å². The molecule has 0 bridgehead atoms. The molecule has 3 aromatic rings. The van der Waals surface area contributed by atoms with Gasteiger partial charge < -0.3 is 10.1 Å². The van der Waals surface area contributed by atoms with Gasteiger partial charge in [0.2, 0.25) is 0 Å². The molecule has 110 valence electrons. The summed E-state index contributed by atoms with van der Waals surface area (Å²) >= 11 is 1.67. The summed E-state index contributed by atoms with van der Waals surface area (Å²) in [6.07, 6.45) is 2.08. The molecule has 5 heteroatoms.